The minimum atomic E-state index is -4.48. The van der Waals surface area contributed by atoms with Gasteiger partial charge in [-0.3, -0.25) is 0 Å². The van der Waals surface area contributed by atoms with Gasteiger partial charge in [0.2, 0.25) is 11.9 Å². The molecular formula is C23H22Cl2F3N7O. The Bertz CT molecular complexity index is 1230. The molecule has 2 fully saturated rings. The van der Waals surface area contributed by atoms with Crippen molar-refractivity contribution >= 4 is 40.9 Å². The third kappa shape index (κ3) is 5.28. The van der Waals surface area contributed by atoms with Crippen molar-refractivity contribution in [3.8, 4) is 11.4 Å². The van der Waals surface area contributed by atoms with Crippen LogP contribution in [-0.2, 0) is 10.9 Å². The summed E-state index contributed by atoms with van der Waals surface area (Å²) in [6, 6.07) is 7.52. The van der Waals surface area contributed by atoms with Crippen LogP contribution in [0.15, 0.2) is 36.5 Å². The fourth-order valence-electron chi connectivity index (χ4n) is 4.15. The van der Waals surface area contributed by atoms with E-state index in [1.54, 1.807) is 23.1 Å². The van der Waals surface area contributed by atoms with Gasteiger partial charge in [0.05, 0.1) is 28.8 Å². The lowest BCUT2D eigenvalue weighted by atomic mass is 10.2. The summed E-state index contributed by atoms with van der Waals surface area (Å²) < 4.78 is 45.9. The summed E-state index contributed by atoms with van der Waals surface area (Å²) in [6.07, 6.45) is -3.10. The number of hydrogen-bond acceptors (Lipinski definition) is 8. The molecule has 0 spiro atoms. The second-order valence-corrected chi connectivity index (χ2v) is 9.15. The molecule has 190 valence electrons. The summed E-state index contributed by atoms with van der Waals surface area (Å²) in [5, 5.41) is 0.806. The number of alkyl halides is 3. The number of piperazine rings is 1. The average Bonchev–Trinajstić information content (AvgIpc) is 2.90. The van der Waals surface area contributed by atoms with Gasteiger partial charge < -0.3 is 19.4 Å². The van der Waals surface area contributed by atoms with Crippen molar-refractivity contribution in [2.24, 2.45) is 0 Å². The molecule has 5 rings (SSSR count). The number of aromatic nitrogens is 4. The number of halogens is 5. The molecule has 2 aromatic heterocycles. The maximum atomic E-state index is 13.5. The van der Waals surface area contributed by atoms with Crippen LogP contribution in [-0.4, -0.2) is 72.4 Å². The molecule has 0 aliphatic carbocycles. The van der Waals surface area contributed by atoms with E-state index >= 15 is 0 Å². The van der Waals surface area contributed by atoms with Gasteiger partial charge in [-0.2, -0.15) is 28.1 Å². The van der Waals surface area contributed by atoms with Gasteiger partial charge in [-0.15, -0.1) is 0 Å². The van der Waals surface area contributed by atoms with E-state index in [0.717, 1.165) is 6.07 Å². The second kappa shape index (κ2) is 10.2. The predicted octanol–water partition coefficient (Wildman–Crippen LogP) is 4.42. The summed E-state index contributed by atoms with van der Waals surface area (Å²) in [5.74, 6) is 1.33. The van der Waals surface area contributed by atoms with Crippen LogP contribution in [0.25, 0.3) is 11.4 Å². The van der Waals surface area contributed by atoms with E-state index < -0.39 is 11.7 Å². The number of nitrogens with zero attached hydrogens (tertiary/aromatic N) is 7. The van der Waals surface area contributed by atoms with Crippen LogP contribution in [0.5, 0.6) is 0 Å². The van der Waals surface area contributed by atoms with E-state index in [9.17, 15) is 13.2 Å². The molecule has 13 heteroatoms. The maximum Gasteiger partial charge on any atom is 0.419 e. The molecule has 4 heterocycles. The first-order valence-corrected chi connectivity index (χ1v) is 12.1. The SMILES string of the molecule is FC(F)(F)c1cccnc1N1CCN(c2nc(-c3ccc(Cl)c(Cl)c3)nc(N3CCOCC3)n2)CC1. The molecule has 8 nitrogen and oxygen atoms in total. The zero-order valence-corrected chi connectivity index (χ0v) is 20.6. The zero-order valence-electron chi connectivity index (χ0n) is 19.0. The lowest BCUT2D eigenvalue weighted by molar-refractivity contribution is -0.137. The molecule has 0 N–H and O–H groups in total. The van der Waals surface area contributed by atoms with Crippen molar-refractivity contribution in [2.45, 2.75) is 6.18 Å². The highest BCUT2D eigenvalue weighted by atomic mass is 35.5. The monoisotopic (exact) mass is 539 g/mol. The fourth-order valence-corrected chi connectivity index (χ4v) is 4.45. The maximum absolute atomic E-state index is 13.5. The molecule has 2 saturated heterocycles. The highest BCUT2D eigenvalue weighted by Crippen LogP contribution is 2.36. The molecule has 0 unspecified atom stereocenters. The second-order valence-electron chi connectivity index (χ2n) is 8.33. The van der Waals surface area contributed by atoms with Gasteiger partial charge in [0.1, 0.15) is 5.82 Å². The zero-order chi connectivity index (χ0) is 25.3. The summed E-state index contributed by atoms with van der Waals surface area (Å²) in [7, 11) is 0. The van der Waals surface area contributed by atoms with Gasteiger partial charge in [-0.25, -0.2) is 4.98 Å². The Kier molecular flexibility index (Phi) is 7.05. The van der Waals surface area contributed by atoms with Gasteiger partial charge in [-0.05, 0) is 30.3 Å². The van der Waals surface area contributed by atoms with E-state index in [1.165, 1.54) is 12.3 Å². The Morgan fingerprint density at radius 3 is 2.06 bits per heavy atom. The van der Waals surface area contributed by atoms with E-state index in [2.05, 4.69) is 15.0 Å². The van der Waals surface area contributed by atoms with Crippen LogP contribution in [0.3, 0.4) is 0 Å². The average molecular weight is 540 g/mol. The lowest BCUT2D eigenvalue weighted by Crippen LogP contribution is -2.48. The van der Waals surface area contributed by atoms with Crippen LogP contribution in [0.2, 0.25) is 10.0 Å². The summed E-state index contributed by atoms with van der Waals surface area (Å²) in [6.45, 7) is 3.90. The van der Waals surface area contributed by atoms with E-state index in [1.807, 2.05) is 9.80 Å². The largest absolute Gasteiger partial charge is 0.419 e. The first-order chi connectivity index (χ1) is 17.3. The topological polar surface area (TPSA) is 70.5 Å². The highest BCUT2D eigenvalue weighted by molar-refractivity contribution is 6.42. The molecule has 3 aromatic rings. The number of morpholine rings is 1. The highest BCUT2D eigenvalue weighted by Gasteiger charge is 2.36. The predicted molar refractivity (Wildman–Crippen MR) is 132 cm³/mol. The number of rotatable bonds is 4. The van der Waals surface area contributed by atoms with Crippen LogP contribution in [0, 0.1) is 0 Å². The number of ether oxygens (including phenoxy) is 1. The summed E-state index contributed by atoms with van der Waals surface area (Å²) >= 11 is 12.3. The van der Waals surface area contributed by atoms with Crippen molar-refractivity contribution in [2.75, 3.05) is 67.2 Å². The number of pyridine rings is 1. The van der Waals surface area contributed by atoms with Crippen LogP contribution >= 0.6 is 23.2 Å². The number of hydrogen-bond donors (Lipinski definition) is 0. The minimum absolute atomic E-state index is 0.0641. The van der Waals surface area contributed by atoms with E-state index in [0.29, 0.717) is 85.8 Å². The Morgan fingerprint density at radius 1 is 0.778 bits per heavy atom. The Balaban J connectivity index is 1.43. The van der Waals surface area contributed by atoms with Gasteiger partial charge >= 0.3 is 6.18 Å². The third-order valence-electron chi connectivity index (χ3n) is 6.04. The van der Waals surface area contributed by atoms with Crippen LogP contribution in [0.4, 0.5) is 30.9 Å². The smallest absolute Gasteiger partial charge is 0.378 e. The first kappa shape index (κ1) is 24.8. The lowest BCUT2D eigenvalue weighted by Gasteiger charge is -2.36. The van der Waals surface area contributed by atoms with Gasteiger partial charge in [0.15, 0.2) is 5.82 Å². The molecule has 0 atom stereocenters. The van der Waals surface area contributed by atoms with Crippen molar-refractivity contribution < 1.29 is 17.9 Å². The normalized spacial score (nSPS) is 17.0. The fraction of sp³-hybridized carbons (Fsp3) is 0.391. The molecule has 0 saturated carbocycles. The molecule has 2 aliphatic heterocycles. The van der Waals surface area contributed by atoms with Crippen molar-refractivity contribution in [1.82, 2.24) is 19.9 Å². The minimum Gasteiger partial charge on any atom is -0.378 e. The molecule has 36 heavy (non-hydrogen) atoms. The van der Waals surface area contributed by atoms with Gasteiger partial charge in [-0.1, -0.05) is 23.2 Å². The first-order valence-electron chi connectivity index (χ1n) is 11.4. The number of benzene rings is 1. The van der Waals surface area contributed by atoms with Crippen molar-refractivity contribution in [3.63, 3.8) is 0 Å². The van der Waals surface area contributed by atoms with Crippen molar-refractivity contribution in [3.05, 3.63) is 52.1 Å². The van der Waals surface area contributed by atoms with Gasteiger partial charge in [0, 0.05) is 51.0 Å². The Labute approximate surface area is 215 Å². The quantitative estimate of drug-likeness (QED) is 0.482. The van der Waals surface area contributed by atoms with Gasteiger partial charge in [0.25, 0.3) is 0 Å². The number of anilines is 3. The van der Waals surface area contributed by atoms with E-state index in [-0.39, 0.29) is 5.82 Å². The van der Waals surface area contributed by atoms with Crippen LogP contribution < -0.4 is 14.7 Å². The Hall–Kier alpha value is -2.89. The summed E-state index contributed by atoms with van der Waals surface area (Å²) in [4.78, 5) is 23.7. The van der Waals surface area contributed by atoms with E-state index in [4.69, 9.17) is 32.9 Å². The van der Waals surface area contributed by atoms with Crippen LogP contribution in [0.1, 0.15) is 5.56 Å². The molecule has 2 aliphatic rings. The summed E-state index contributed by atoms with van der Waals surface area (Å²) in [5.41, 5.74) is -0.0559. The Morgan fingerprint density at radius 2 is 1.42 bits per heavy atom. The standard InChI is InChI=1S/C23H22Cl2F3N7O/c24-17-4-3-15(14-18(17)25)19-30-21(32-22(31-19)35-10-12-36-13-11-35)34-8-6-33(7-9-34)20-16(23(26,27)28)2-1-5-29-20/h1-5,14H,6-13H2. The molecular weight excluding hydrogens is 518 g/mol. The van der Waals surface area contributed by atoms with Crippen molar-refractivity contribution in [1.29, 1.82) is 0 Å². The molecule has 0 amide bonds. The third-order valence-corrected chi connectivity index (χ3v) is 6.78. The molecule has 1 aromatic carbocycles. The molecule has 0 radical (unpaired) electrons. The molecule has 0 bridgehead atoms.